The summed E-state index contributed by atoms with van der Waals surface area (Å²) in [5, 5.41) is 3.52. The zero-order chi connectivity index (χ0) is 44.7. The number of aromatic nitrogens is 1. The van der Waals surface area contributed by atoms with E-state index in [1.165, 1.54) is 66.4 Å². The largest absolute Gasteiger partial charge is 0.310 e. The highest BCUT2D eigenvalue weighted by Crippen LogP contribution is 2.58. The van der Waals surface area contributed by atoms with Crippen molar-refractivity contribution in [2.75, 3.05) is 4.90 Å². The van der Waals surface area contributed by atoms with Gasteiger partial charge in [-0.2, -0.15) is 0 Å². The number of fused-ring (bicyclic) bond motifs is 8. The Kier molecular flexibility index (Phi) is 8.82. The molecule has 0 saturated carbocycles. The van der Waals surface area contributed by atoms with Crippen LogP contribution in [0.2, 0.25) is 0 Å². The molecule has 2 heteroatoms. The van der Waals surface area contributed by atoms with Crippen LogP contribution in [-0.2, 0) is 10.8 Å². The standard InChI is InChI=1S/C65H46N2/c1-64(2)58-29-14-12-26-52(58)54-38-36-49(41-60(54)64)67(50-37-39-55-53-27-13-15-30-59(53)65(61(55)42-50,46-21-5-3-6-22-46)47-23-7-4-8-24-47)48-34-32-44(33-35-48)57-40-45-19-10-16-31-62(45)66-63(57)56-28-17-20-43-18-9-11-25-51(43)56/h3-42H,1-2H3. The van der Waals surface area contributed by atoms with Gasteiger partial charge < -0.3 is 4.90 Å². The molecule has 0 saturated heterocycles. The van der Waals surface area contributed by atoms with E-state index in [0.29, 0.717) is 0 Å². The lowest BCUT2D eigenvalue weighted by atomic mass is 9.67. The van der Waals surface area contributed by atoms with Crippen LogP contribution in [0.5, 0.6) is 0 Å². The first-order chi connectivity index (χ1) is 33.0. The first-order valence-corrected chi connectivity index (χ1v) is 23.4. The van der Waals surface area contributed by atoms with Crippen molar-refractivity contribution in [2.24, 2.45) is 0 Å². The summed E-state index contributed by atoms with van der Waals surface area (Å²) in [5.41, 5.74) is 20.9. The number of rotatable bonds is 7. The number of pyridine rings is 1. The summed E-state index contributed by atoms with van der Waals surface area (Å²) >= 11 is 0. The second-order valence-corrected chi connectivity index (χ2v) is 18.6. The minimum atomic E-state index is -0.525. The van der Waals surface area contributed by atoms with Crippen LogP contribution < -0.4 is 4.90 Å². The minimum Gasteiger partial charge on any atom is -0.310 e. The second-order valence-electron chi connectivity index (χ2n) is 18.6. The van der Waals surface area contributed by atoms with Crippen molar-refractivity contribution in [3.8, 4) is 44.6 Å². The summed E-state index contributed by atoms with van der Waals surface area (Å²) in [4.78, 5) is 7.86. The van der Waals surface area contributed by atoms with Crippen molar-refractivity contribution >= 4 is 38.7 Å². The number of para-hydroxylation sites is 1. The molecule has 0 N–H and O–H groups in total. The van der Waals surface area contributed by atoms with Crippen LogP contribution in [0.25, 0.3) is 66.3 Å². The van der Waals surface area contributed by atoms with Crippen LogP contribution in [-0.4, -0.2) is 4.98 Å². The third-order valence-electron chi connectivity index (χ3n) is 14.7. The Balaban J connectivity index is 1.03. The summed E-state index contributed by atoms with van der Waals surface area (Å²) in [6.45, 7) is 4.73. The highest BCUT2D eigenvalue weighted by atomic mass is 15.1. The average Bonchev–Trinajstić information content (AvgIpc) is 3.81. The van der Waals surface area contributed by atoms with E-state index in [-0.39, 0.29) is 5.41 Å². The van der Waals surface area contributed by atoms with Gasteiger partial charge in [-0.25, -0.2) is 4.98 Å². The van der Waals surface area contributed by atoms with E-state index >= 15 is 0 Å². The van der Waals surface area contributed by atoms with Gasteiger partial charge in [0.2, 0.25) is 0 Å². The smallest absolute Gasteiger partial charge is 0.0794 e. The molecule has 1 heterocycles. The Hall–Kier alpha value is -8.33. The van der Waals surface area contributed by atoms with Crippen LogP contribution in [0.4, 0.5) is 17.1 Å². The topological polar surface area (TPSA) is 16.1 Å². The lowest BCUT2D eigenvalue weighted by Crippen LogP contribution is -2.28. The van der Waals surface area contributed by atoms with Gasteiger partial charge in [-0.3, -0.25) is 0 Å². The van der Waals surface area contributed by atoms with E-state index in [4.69, 9.17) is 4.98 Å². The molecule has 0 bridgehead atoms. The molecule has 67 heavy (non-hydrogen) atoms. The molecular weight excluding hydrogens is 809 g/mol. The molecule has 11 aromatic rings. The monoisotopic (exact) mass is 854 g/mol. The quantitative estimate of drug-likeness (QED) is 0.159. The first-order valence-electron chi connectivity index (χ1n) is 23.4. The highest BCUT2D eigenvalue weighted by molar-refractivity contribution is 6.02. The summed E-state index contributed by atoms with van der Waals surface area (Å²) in [7, 11) is 0. The van der Waals surface area contributed by atoms with Crippen LogP contribution in [0.1, 0.15) is 47.2 Å². The van der Waals surface area contributed by atoms with E-state index in [1.807, 2.05) is 0 Å². The Morgan fingerprint density at radius 2 is 0.851 bits per heavy atom. The molecule has 10 aromatic carbocycles. The third-order valence-corrected chi connectivity index (χ3v) is 14.7. The van der Waals surface area contributed by atoms with E-state index < -0.39 is 5.41 Å². The van der Waals surface area contributed by atoms with Crippen molar-refractivity contribution in [1.82, 2.24) is 4.98 Å². The normalized spacial score (nSPS) is 13.8. The molecule has 0 atom stereocenters. The predicted molar refractivity (Wildman–Crippen MR) is 280 cm³/mol. The predicted octanol–water partition coefficient (Wildman–Crippen LogP) is 16.9. The number of anilines is 3. The van der Waals surface area contributed by atoms with Crippen molar-refractivity contribution in [1.29, 1.82) is 0 Å². The Bertz CT molecular complexity index is 3670. The second kappa shape index (κ2) is 15.1. The maximum absolute atomic E-state index is 5.39. The van der Waals surface area contributed by atoms with Crippen molar-refractivity contribution in [3.05, 3.63) is 276 Å². The molecule has 2 aliphatic rings. The van der Waals surface area contributed by atoms with Gasteiger partial charge >= 0.3 is 0 Å². The van der Waals surface area contributed by atoms with Crippen LogP contribution in [0, 0.1) is 0 Å². The Labute approximate surface area is 392 Å². The van der Waals surface area contributed by atoms with Crippen LogP contribution in [0.15, 0.2) is 243 Å². The molecule has 1 aromatic heterocycles. The molecule has 0 fully saturated rings. The molecule has 0 unspecified atom stereocenters. The zero-order valence-electron chi connectivity index (χ0n) is 37.5. The van der Waals surface area contributed by atoms with E-state index in [0.717, 1.165) is 50.3 Å². The molecule has 316 valence electrons. The number of hydrogen-bond acceptors (Lipinski definition) is 2. The summed E-state index contributed by atoms with van der Waals surface area (Å²) in [5.74, 6) is 0. The van der Waals surface area contributed by atoms with Crippen molar-refractivity contribution < 1.29 is 0 Å². The SMILES string of the molecule is CC1(C)c2ccccc2-c2ccc(N(c3ccc(-c4cc5ccccc5nc4-c4cccc5ccccc45)cc3)c3ccc4c(c3)C(c3ccccc3)(c3ccccc3)c3ccccc3-4)cc21. The number of hydrogen-bond donors (Lipinski definition) is 0. The molecule has 0 amide bonds. The average molecular weight is 855 g/mol. The summed E-state index contributed by atoms with van der Waals surface area (Å²) < 4.78 is 0. The van der Waals surface area contributed by atoms with E-state index in [1.54, 1.807) is 0 Å². The van der Waals surface area contributed by atoms with Gasteiger partial charge in [0, 0.05) is 39.0 Å². The Morgan fingerprint density at radius 1 is 0.343 bits per heavy atom. The van der Waals surface area contributed by atoms with Gasteiger partial charge in [0.05, 0.1) is 16.6 Å². The van der Waals surface area contributed by atoms with E-state index in [2.05, 4.69) is 261 Å². The maximum Gasteiger partial charge on any atom is 0.0794 e. The van der Waals surface area contributed by atoms with Gasteiger partial charge in [-0.15, -0.1) is 0 Å². The molecule has 0 spiro atoms. The van der Waals surface area contributed by atoms with Gasteiger partial charge in [-0.05, 0) is 121 Å². The molecule has 2 nitrogen and oxygen atoms in total. The van der Waals surface area contributed by atoms with Gasteiger partial charge in [-0.1, -0.05) is 208 Å². The van der Waals surface area contributed by atoms with E-state index in [9.17, 15) is 0 Å². The fraction of sp³-hybridized carbons (Fsp3) is 0.0615. The lowest BCUT2D eigenvalue weighted by molar-refractivity contribution is 0.660. The fourth-order valence-electron chi connectivity index (χ4n) is 11.6. The van der Waals surface area contributed by atoms with Crippen molar-refractivity contribution in [2.45, 2.75) is 24.7 Å². The molecular formula is C65H46N2. The summed E-state index contributed by atoms with van der Waals surface area (Å²) in [6.07, 6.45) is 0. The third kappa shape index (κ3) is 5.93. The van der Waals surface area contributed by atoms with Crippen LogP contribution >= 0.6 is 0 Å². The fourth-order valence-corrected chi connectivity index (χ4v) is 11.6. The maximum atomic E-state index is 5.39. The summed E-state index contributed by atoms with van der Waals surface area (Å²) in [6, 6.07) is 89.5. The first kappa shape index (κ1) is 39.1. The van der Waals surface area contributed by atoms with Crippen molar-refractivity contribution in [3.63, 3.8) is 0 Å². The molecule has 13 rings (SSSR count). The van der Waals surface area contributed by atoms with Gasteiger partial charge in [0.1, 0.15) is 0 Å². The highest BCUT2D eigenvalue weighted by Gasteiger charge is 2.46. The molecule has 0 radical (unpaired) electrons. The van der Waals surface area contributed by atoms with Gasteiger partial charge in [0.15, 0.2) is 0 Å². The number of benzene rings is 10. The molecule has 2 aliphatic carbocycles. The van der Waals surface area contributed by atoms with Gasteiger partial charge in [0.25, 0.3) is 0 Å². The minimum absolute atomic E-state index is 0.159. The van der Waals surface area contributed by atoms with Crippen LogP contribution in [0.3, 0.4) is 0 Å². The molecule has 0 aliphatic heterocycles. The Morgan fingerprint density at radius 3 is 1.57 bits per heavy atom. The number of nitrogens with zero attached hydrogens (tertiary/aromatic N) is 2. The zero-order valence-corrected chi connectivity index (χ0v) is 37.5. The lowest BCUT2D eigenvalue weighted by Gasteiger charge is -2.35.